The third-order valence-corrected chi connectivity index (χ3v) is 3.18. The lowest BCUT2D eigenvalue weighted by molar-refractivity contribution is -0.141. The van der Waals surface area contributed by atoms with Gasteiger partial charge in [0.05, 0.1) is 17.6 Å². The topological polar surface area (TPSA) is 54.2 Å². The molecule has 0 bridgehead atoms. The van der Waals surface area contributed by atoms with Crippen molar-refractivity contribution in [2.24, 2.45) is 0 Å². The minimum absolute atomic E-state index is 0.224. The monoisotopic (exact) mass is 274 g/mol. The number of halogens is 3. The zero-order chi connectivity index (χ0) is 14.0. The number of pyridine rings is 1. The largest absolute Gasteiger partial charge is 0.433 e. The van der Waals surface area contributed by atoms with E-state index in [9.17, 15) is 13.2 Å². The standard InChI is InChI=1S/C12H17F3N4/c1-19(8-2-3-8)5-4-17-10-6-11(12(13,14)15)18-7-9(10)16/h6-8H,2-5,16H2,1H3,(H,17,18). The second-order valence-electron chi connectivity index (χ2n) is 4.79. The van der Waals surface area contributed by atoms with Gasteiger partial charge in [-0.25, -0.2) is 4.98 Å². The highest BCUT2D eigenvalue weighted by molar-refractivity contribution is 5.65. The number of alkyl halides is 3. The van der Waals surface area contributed by atoms with Crippen LogP contribution in [0.4, 0.5) is 24.5 Å². The van der Waals surface area contributed by atoms with E-state index in [0.717, 1.165) is 18.8 Å². The fraction of sp³-hybridized carbons (Fsp3) is 0.583. The summed E-state index contributed by atoms with van der Waals surface area (Å²) in [7, 11) is 2.01. The number of anilines is 2. The Bertz CT molecular complexity index is 443. The zero-order valence-electron chi connectivity index (χ0n) is 10.7. The molecule has 0 aromatic carbocycles. The molecule has 1 aromatic heterocycles. The lowest BCUT2D eigenvalue weighted by atomic mass is 10.2. The maximum Gasteiger partial charge on any atom is 0.433 e. The van der Waals surface area contributed by atoms with E-state index in [1.165, 1.54) is 12.8 Å². The van der Waals surface area contributed by atoms with E-state index in [1.807, 2.05) is 7.05 Å². The van der Waals surface area contributed by atoms with Crippen LogP contribution in [0.25, 0.3) is 0 Å². The molecule has 0 unspecified atom stereocenters. The lowest BCUT2D eigenvalue weighted by Gasteiger charge is -2.17. The van der Waals surface area contributed by atoms with Crippen LogP contribution in [0, 0.1) is 0 Å². The number of likely N-dealkylation sites (N-methyl/N-ethyl adjacent to an activating group) is 1. The molecular weight excluding hydrogens is 257 g/mol. The number of nitrogens with zero attached hydrogens (tertiary/aromatic N) is 2. The number of hydrogen-bond donors (Lipinski definition) is 2. The maximum atomic E-state index is 12.5. The quantitative estimate of drug-likeness (QED) is 0.864. The van der Waals surface area contributed by atoms with Crippen molar-refractivity contribution in [1.29, 1.82) is 0 Å². The highest BCUT2D eigenvalue weighted by Crippen LogP contribution is 2.31. The van der Waals surface area contributed by atoms with Crippen LogP contribution in [0.1, 0.15) is 18.5 Å². The number of nitrogens with two attached hydrogens (primary N) is 1. The average Bonchev–Trinajstić information content (AvgIpc) is 3.13. The molecule has 0 amide bonds. The molecule has 0 aliphatic heterocycles. The van der Waals surface area contributed by atoms with E-state index in [4.69, 9.17) is 5.73 Å². The summed E-state index contributed by atoms with van der Waals surface area (Å²) in [5, 5.41) is 2.93. The van der Waals surface area contributed by atoms with Crippen molar-refractivity contribution in [2.75, 3.05) is 31.2 Å². The number of rotatable bonds is 5. The maximum absolute atomic E-state index is 12.5. The van der Waals surface area contributed by atoms with Crippen LogP contribution in [0.2, 0.25) is 0 Å². The van der Waals surface area contributed by atoms with Gasteiger partial charge >= 0.3 is 6.18 Å². The molecule has 1 saturated carbocycles. The molecule has 4 nitrogen and oxygen atoms in total. The third-order valence-electron chi connectivity index (χ3n) is 3.18. The van der Waals surface area contributed by atoms with Crippen molar-refractivity contribution in [3.05, 3.63) is 18.0 Å². The van der Waals surface area contributed by atoms with Crippen molar-refractivity contribution in [2.45, 2.75) is 25.1 Å². The molecule has 106 valence electrons. The summed E-state index contributed by atoms with van der Waals surface area (Å²) in [6.45, 7) is 1.33. The Kier molecular flexibility index (Phi) is 3.84. The fourth-order valence-corrected chi connectivity index (χ4v) is 1.84. The van der Waals surface area contributed by atoms with Gasteiger partial charge in [0.15, 0.2) is 0 Å². The molecule has 0 radical (unpaired) electrons. The van der Waals surface area contributed by atoms with E-state index >= 15 is 0 Å². The Labute approximate surface area is 109 Å². The summed E-state index contributed by atoms with van der Waals surface area (Å²) in [5.74, 6) is 0. The van der Waals surface area contributed by atoms with Gasteiger partial charge in [-0.2, -0.15) is 13.2 Å². The van der Waals surface area contributed by atoms with E-state index in [1.54, 1.807) is 0 Å². The van der Waals surface area contributed by atoms with Gasteiger partial charge in [0.2, 0.25) is 0 Å². The van der Waals surface area contributed by atoms with Crippen LogP contribution < -0.4 is 11.1 Å². The highest BCUT2D eigenvalue weighted by Gasteiger charge is 2.33. The Hall–Kier alpha value is -1.50. The van der Waals surface area contributed by atoms with E-state index in [2.05, 4.69) is 15.2 Å². The van der Waals surface area contributed by atoms with Crippen LogP contribution in [0.15, 0.2) is 12.3 Å². The predicted molar refractivity (Wildman–Crippen MR) is 67.8 cm³/mol. The lowest BCUT2D eigenvalue weighted by Crippen LogP contribution is -2.27. The van der Waals surface area contributed by atoms with Gasteiger partial charge in [-0.15, -0.1) is 0 Å². The number of nitrogens with one attached hydrogen (secondary N) is 1. The highest BCUT2D eigenvalue weighted by atomic mass is 19.4. The first-order valence-corrected chi connectivity index (χ1v) is 6.15. The van der Waals surface area contributed by atoms with Gasteiger partial charge in [-0.3, -0.25) is 0 Å². The summed E-state index contributed by atoms with van der Waals surface area (Å²) in [6, 6.07) is 1.58. The van der Waals surface area contributed by atoms with Gasteiger partial charge < -0.3 is 16.0 Å². The van der Waals surface area contributed by atoms with Crippen molar-refractivity contribution < 1.29 is 13.2 Å². The molecule has 0 spiro atoms. The SMILES string of the molecule is CN(CCNc1cc(C(F)(F)F)ncc1N)C1CC1. The molecule has 0 atom stereocenters. The minimum atomic E-state index is -4.45. The van der Waals surface area contributed by atoms with Crippen LogP contribution in [0.5, 0.6) is 0 Å². The number of aromatic nitrogens is 1. The molecule has 1 aromatic rings. The van der Waals surface area contributed by atoms with Gasteiger partial charge in [0.25, 0.3) is 0 Å². The summed E-state index contributed by atoms with van der Waals surface area (Å²) in [4.78, 5) is 5.48. The molecule has 1 aliphatic carbocycles. The molecular formula is C12H17F3N4. The fourth-order valence-electron chi connectivity index (χ4n) is 1.84. The van der Waals surface area contributed by atoms with Crippen LogP contribution in [-0.2, 0) is 6.18 Å². The summed E-state index contributed by atoms with van der Waals surface area (Å²) in [6.07, 6.45) is -1.01. The molecule has 1 aliphatic rings. The van der Waals surface area contributed by atoms with E-state index in [0.29, 0.717) is 12.6 Å². The van der Waals surface area contributed by atoms with Crippen LogP contribution >= 0.6 is 0 Å². The van der Waals surface area contributed by atoms with Crippen LogP contribution in [0.3, 0.4) is 0 Å². The van der Waals surface area contributed by atoms with Crippen molar-refractivity contribution in [3.8, 4) is 0 Å². The molecule has 1 heterocycles. The normalized spacial score (nSPS) is 15.8. The molecule has 1 fully saturated rings. The molecule has 19 heavy (non-hydrogen) atoms. The van der Waals surface area contributed by atoms with Crippen molar-refractivity contribution in [3.63, 3.8) is 0 Å². The van der Waals surface area contributed by atoms with E-state index < -0.39 is 11.9 Å². The van der Waals surface area contributed by atoms with Gasteiger partial charge in [0, 0.05) is 19.1 Å². The molecule has 0 saturated heterocycles. The average molecular weight is 274 g/mol. The molecule has 2 rings (SSSR count). The van der Waals surface area contributed by atoms with Gasteiger partial charge in [-0.05, 0) is 26.0 Å². The van der Waals surface area contributed by atoms with Crippen molar-refractivity contribution in [1.82, 2.24) is 9.88 Å². The first kappa shape index (κ1) is 13.9. The summed E-state index contributed by atoms with van der Waals surface area (Å²) < 4.78 is 37.6. The number of nitrogen functional groups attached to an aromatic ring is 1. The van der Waals surface area contributed by atoms with Crippen LogP contribution in [-0.4, -0.2) is 36.1 Å². The first-order chi connectivity index (χ1) is 8.88. The smallest absolute Gasteiger partial charge is 0.396 e. The minimum Gasteiger partial charge on any atom is -0.396 e. The molecule has 7 heteroatoms. The summed E-state index contributed by atoms with van der Waals surface area (Å²) in [5.41, 5.74) is 5.19. The second kappa shape index (κ2) is 5.24. The van der Waals surface area contributed by atoms with Gasteiger partial charge in [0.1, 0.15) is 5.69 Å². The Balaban J connectivity index is 1.94. The van der Waals surface area contributed by atoms with E-state index in [-0.39, 0.29) is 11.4 Å². The third kappa shape index (κ3) is 3.73. The number of hydrogen-bond acceptors (Lipinski definition) is 4. The Morgan fingerprint density at radius 2 is 2.16 bits per heavy atom. The molecule has 3 N–H and O–H groups in total. The first-order valence-electron chi connectivity index (χ1n) is 6.15. The predicted octanol–water partition coefficient (Wildman–Crippen LogP) is 2.19. The van der Waals surface area contributed by atoms with Gasteiger partial charge in [-0.1, -0.05) is 0 Å². The summed E-state index contributed by atoms with van der Waals surface area (Å²) >= 11 is 0. The Morgan fingerprint density at radius 3 is 2.74 bits per heavy atom. The Morgan fingerprint density at radius 1 is 1.47 bits per heavy atom. The zero-order valence-corrected chi connectivity index (χ0v) is 10.7. The second-order valence-corrected chi connectivity index (χ2v) is 4.79. The van der Waals surface area contributed by atoms with Crippen molar-refractivity contribution >= 4 is 11.4 Å².